The van der Waals surface area contributed by atoms with Crippen LogP contribution in [0, 0.1) is 0 Å². The van der Waals surface area contributed by atoms with Crippen molar-refractivity contribution in [3.8, 4) is 5.75 Å². The highest BCUT2D eigenvalue weighted by molar-refractivity contribution is 5.50. The van der Waals surface area contributed by atoms with Gasteiger partial charge in [-0.2, -0.15) is 0 Å². The molecule has 1 aromatic rings. The van der Waals surface area contributed by atoms with Crippen molar-refractivity contribution in [1.29, 1.82) is 0 Å². The van der Waals surface area contributed by atoms with E-state index >= 15 is 0 Å². The zero-order valence-electron chi connectivity index (χ0n) is 13.1. The van der Waals surface area contributed by atoms with E-state index in [1.54, 1.807) is 12.7 Å². The first-order chi connectivity index (χ1) is 9.76. The second kappa shape index (κ2) is 5.40. The molecule has 0 bridgehead atoms. The minimum absolute atomic E-state index is 0.478. The average Bonchev–Trinajstić information content (AvgIpc) is 3.22. The van der Waals surface area contributed by atoms with Gasteiger partial charge in [-0.15, -0.1) is 0 Å². The predicted octanol–water partition coefficient (Wildman–Crippen LogP) is 3.99. The van der Waals surface area contributed by atoms with E-state index in [2.05, 4.69) is 36.9 Å². The molecule has 2 heteroatoms. The van der Waals surface area contributed by atoms with Gasteiger partial charge in [0.1, 0.15) is 5.75 Å². The van der Waals surface area contributed by atoms with Gasteiger partial charge in [0.2, 0.25) is 0 Å². The van der Waals surface area contributed by atoms with Crippen molar-refractivity contribution in [1.82, 2.24) is 4.90 Å². The summed E-state index contributed by atoms with van der Waals surface area (Å²) in [5, 5.41) is 0. The molecule has 2 nitrogen and oxygen atoms in total. The number of nitrogens with zero attached hydrogens (tertiary/aromatic N) is 1. The number of benzene rings is 1. The lowest BCUT2D eigenvalue weighted by molar-refractivity contribution is 0.157. The standard InChI is InChI=1S/C18H27NO/c1-4-11-19(12-5-2)18-10-9-15-14(16(18)13-18)7-6-8-17(15)20-3/h6-8,16H,4-5,9-13H2,1-3H3/t16-,18+/m1/s1. The monoisotopic (exact) mass is 273 g/mol. The molecule has 0 spiro atoms. The van der Waals surface area contributed by atoms with Gasteiger partial charge in [-0.3, -0.25) is 4.90 Å². The van der Waals surface area contributed by atoms with Crippen LogP contribution in [0.3, 0.4) is 0 Å². The smallest absolute Gasteiger partial charge is 0.122 e. The molecular weight excluding hydrogens is 246 g/mol. The zero-order chi connectivity index (χ0) is 14.2. The fourth-order valence-electron chi connectivity index (χ4n) is 4.28. The van der Waals surface area contributed by atoms with Gasteiger partial charge in [-0.1, -0.05) is 26.0 Å². The van der Waals surface area contributed by atoms with Crippen LogP contribution in [-0.2, 0) is 6.42 Å². The lowest BCUT2D eigenvalue weighted by Gasteiger charge is -2.36. The normalized spacial score (nSPS) is 27.1. The Kier molecular flexibility index (Phi) is 3.76. The summed E-state index contributed by atoms with van der Waals surface area (Å²) in [5.74, 6) is 1.85. The SMILES string of the molecule is CCCN(CCC)[C@]12CCc3c(OC)cccc3[C@H]1C2. The third-order valence-corrected chi connectivity index (χ3v) is 5.24. The average molecular weight is 273 g/mol. The van der Waals surface area contributed by atoms with Crippen molar-refractivity contribution in [3.05, 3.63) is 29.3 Å². The van der Waals surface area contributed by atoms with Crippen molar-refractivity contribution >= 4 is 0 Å². The van der Waals surface area contributed by atoms with E-state index in [0.29, 0.717) is 5.54 Å². The fraction of sp³-hybridized carbons (Fsp3) is 0.667. The predicted molar refractivity (Wildman–Crippen MR) is 83.6 cm³/mol. The molecule has 2 atom stereocenters. The Bertz CT molecular complexity index is 478. The van der Waals surface area contributed by atoms with E-state index in [9.17, 15) is 0 Å². The van der Waals surface area contributed by atoms with Crippen LogP contribution in [0.4, 0.5) is 0 Å². The second-order valence-corrected chi connectivity index (χ2v) is 6.38. The van der Waals surface area contributed by atoms with E-state index in [-0.39, 0.29) is 0 Å². The molecular formula is C18H27NO. The highest BCUT2D eigenvalue weighted by atomic mass is 16.5. The van der Waals surface area contributed by atoms with Gasteiger partial charge in [-0.05, 0) is 62.4 Å². The molecule has 0 aliphatic heterocycles. The summed E-state index contributed by atoms with van der Waals surface area (Å²) in [5.41, 5.74) is 3.51. The topological polar surface area (TPSA) is 12.5 Å². The summed E-state index contributed by atoms with van der Waals surface area (Å²) in [6, 6.07) is 6.61. The third-order valence-electron chi connectivity index (χ3n) is 5.24. The van der Waals surface area contributed by atoms with Crippen LogP contribution in [0.15, 0.2) is 18.2 Å². The Hall–Kier alpha value is -1.02. The number of hydrogen-bond donors (Lipinski definition) is 0. The first kappa shape index (κ1) is 13.9. The molecule has 20 heavy (non-hydrogen) atoms. The van der Waals surface area contributed by atoms with Crippen molar-refractivity contribution < 1.29 is 4.74 Å². The molecule has 0 heterocycles. The molecule has 0 unspecified atom stereocenters. The lowest BCUT2D eigenvalue weighted by atomic mass is 9.86. The van der Waals surface area contributed by atoms with Crippen LogP contribution >= 0.6 is 0 Å². The molecule has 1 fully saturated rings. The summed E-state index contributed by atoms with van der Waals surface area (Å²) in [6.45, 7) is 7.11. The Morgan fingerprint density at radius 3 is 2.65 bits per heavy atom. The van der Waals surface area contributed by atoms with Gasteiger partial charge in [0, 0.05) is 11.5 Å². The van der Waals surface area contributed by atoms with Gasteiger partial charge in [0.25, 0.3) is 0 Å². The first-order valence-corrected chi connectivity index (χ1v) is 8.17. The van der Waals surface area contributed by atoms with Gasteiger partial charge in [-0.25, -0.2) is 0 Å². The van der Waals surface area contributed by atoms with Crippen molar-refractivity contribution in [2.45, 2.75) is 57.4 Å². The molecule has 0 N–H and O–H groups in total. The van der Waals surface area contributed by atoms with Gasteiger partial charge in [0.05, 0.1) is 7.11 Å². The lowest BCUT2D eigenvalue weighted by Crippen LogP contribution is -2.41. The van der Waals surface area contributed by atoms with Crippen molar-refractivity contribution in [2.24, 2.45) is 0 Å². The van der Waals surface area contributed by atoms with Crippen LogP contribution in [0.25, 0.3) is 0 Å². The van der Waals surface area contributed by atoms with Crippen LogP contribution in [0.5, 0.6) is 5.75 Å². The Labute approximate surface area is 123 Å². The number of hydrogen-bond acceptors (Lipinski definition) is 2. The Morgan fingerprint density at radius 1 is 1.25 bits per heavy atom. The molecule has 3 rings (SSSR count). The van der Waals surface area contributed by atoms with Crippen LogP contribution in [0.1, 0.15) is 56.6 Å². The highest BCUT2D eigenvalue weighted by Crippen LogP contribution is 2.62. The maximum Gasteiger partial charge on any atom is 0.122 e. The van der Waals surface area contributed by atoms with Crippen molar-refractivity contribution in [2.75, 3.05) is 20.2 Å². The van der Waals surface area contributed by atoms with Crippen LogP contribution < -0.4 is 4.74 Å². The first-order valence-electron chi connectivity index (χ1n) is 8.17. The molecule has 0 radical (unpaired) electrons. The van der Waals surface area contributed by atoms with Crippen LogP contribution in [0.2, 0.25) is 0 Å². The van der Waals surface area contributed by atoms with E-state index in [1.807, 2.05) is 0 Å². The maximum atomic E-state index is 5.55. The summed E-state index contributed by atoms with van der Waals surface area (Å²) < 4.78 is 5.55. The largest absolute Gasteiger partial charge is 0.496 e. The minimum Gasteiger partial charge on any atom is -0.496 e. The molecule has 1 saturated carbocycles. The molecule has 2 aliphatic carbocycles. The molecule has 0 saturated heterocycles. The summed E-state index contributed by atoms with van der Waals surface area (Å²) in [7, 11) is 1.80. The quantitative estimate of drug-likeness (QED) is 0.777. The number of ether oxygens (including phenoxy) is 1. The third kappa shape index (κ3) is 2.05. The molecule has 110 valence electrons. The fourth-order valence-corrected chi connectivity index (χ4v) is 4.28. The maximum absolute atomic E-state index is 5.55. The van der Waals surface area contributed by atoms with E-state index in [0.717, 1.165) is 11.7 Å². The van der Waals surface area contributed by atoms with Crippen LogP contribution in [-0.4, -0.2) is 30.6 Å². The number of methoxy groups -OCH3 is 1. The molecule has 1 aromatic carbocycles. The Balaban J connectivity index is 1.87. The number of fused-ring (bicyclic) bond motifs is 3. The highest BCUT2D eigenvalue weighted by Gasteiger charge is 2.60. The van der Waals surface area contributed by atoms with E-state index in [1.165, 1.54) is 50.8 Å². The van der Waals surface area contributed by atoms with Gasteiger partial charge >= 0.3 is 0 Å². The molecule has 2 aliphatic rings. The molecule has 0 aromatic heterocycles. The Morgan fingerprint density at radius 2 is 2.00 bits per heavy atom. The minimum atomic E-state index is 0.478. The number of rotatable bonds is 6. The second-order valence-electron chi connectivity index (χ2n) is 6.38. The summed E-state index contributed by atoms with van der Waals surface area (Å²) in [6.07, 6.45) is 6.37. The summed E-state index contributed by atoms with van der Waals surface area (Å²) in [4.78, 5) is 2.78. The van der Waals surface area contributed by atoms with Crippen molar-refractivity contribution in [3.63, 3.8) is 0 Å². The van der Waals surface area contributed by atoms with E-state index in [4.69, 9.17) is 4.74 Å². The van der Waals surface area contributed by atoms with Gasteiger partial charge < -0.3 is 4.74 Å². The summed E-state index contributed by atoms with van der Waals surface area (Å²) >= 11 is 0. The molecule has 0 amide bonds. The van der Waals surface area contributed by atoms with Gasteiger partial charge in [0.15, 0.2) is 0 Å². The van der Waals surface area contributed by atoms with E-state index < -0.39 is 0 Å². The zero-order valence-corrected chi connectivity index (χ0v) is 13.1.